The normalized spacial score (nSPS) is 13.7. The Bertz CT molecular complexity index is 746. The van der Waals surface area contributed by atoms with Gasteiger partial charge >= 0.3 is 0 Å². The number of amides is 1. The third-order valence-corrected chi connectivity index (χ3v) is 4.14. The molecule has 1 amide bonds. The monoisotopic (exact) mass is 328 g/mol. The van der Waals surface area contributed by atoms with Crippen LogP contribution in [0.3, 0.4) is 0 Å². The highest BCUT2D eigenvalue weighted by atomic mass is 19.1. The predicted molar refractivity (Wildman–Crippen MR) is 91.8 cm³/mol. The SMILES string of the molecule is CN(C)c1ccc2c(c1)CN(C(=O)Cc1cccc(F)c1)CCO2. The van der Waals surface area contributed by atoms with Gasteiger partial charge in [0.15, 0.2) is 0 Å². The fraction of sp³-hybridized carbons (Fsp3) is 0.316. The van der Waals surface area contributed by atoms with Crippen molar-refractivity contribution in [3.8, 4) is 5.75 Å². The third kappa shape index (κ3) is 3.67. The standard InChI is InChI=1S/C19H21FN2O2/c1-21(2)17-6-7-18-15(12-17)13-22(8-9-24-18)19(23)11-14-4-3-5-16(20)10-14/h3-7,10,12H,8-9,11,13H2,1-2H3. The highest BCUT2D eigenvalue weighted by molar-refractivity contribution is 5.79. The van der Waals surface area contributed by atoms with Crippen LogP contribution in [0.25, 0.3) is 0 Å². The van der Waals surface area contributed by atoms with Crippen molar-refractivity contribution >= 4 is 11.6 Å². The Kier molecular flexibility index (Phi) is 4.69. The van der Waals surface area contributed by atoms with E-state index in [1.807, 2.05) is 37.2 Å². The van der Waals surface area contributed by atoms with Crippen molar-refractivity contribution in [3.05, 3.63) is 59.4 Å². The van der Waals surface area contributed by atoms with E-state index in [1.54, 1.807) is 17.0 Å². The van der Waals surface area contributed by atoms with E-state index in [4.69, 9.17) is 4.74 Å². The zero-order valence-electron chi connectivity index (χ0n) is 14.0. The topological polar surface area (TPSA) is 32.8 Å². The van der Waals surface area contributed by atoms with Gasteiger partial charge in [-0.05, 0) is 35.9 Å². The first kappa shape index (κ1) is 16.3. The molecule has 5 heteroatoms. The van der Waals surface area contributed by atoms with Crippen molar-refractivity contribution in [2.75, 3.05) is 32.1 Å². The molecule has 0 unspecified atom stereocenters. The van der Waals surface area contributed by atoms with Crippen LogP contribution in [0.2, 0.25) is 0 Å². The van der Waals surface area contributed by atoms with Crippen molar-refractivity contribution in [1.82, 2.24) is 4.90 Å². The summed E-state index contributed by atoms with van der Waals surface area (Å²) in [4.78, 5) is 16.4. The van der Waals surface area contributed by atoms with Gasteiger partial charge in [-0.1, -0.05) is 12.1 Å². The second kappa shape index (κ2) is 6.91. The molecule has 0 saturated carbocycles. The molecule has 0 spiro atoms. The van der Waals surface area contributed by atoms with E-state index < -0.39 is 0 Å². The van der Waals surface area contributed by atoms with Crippen LogP contribution in [-0.4, -0.2) is 38.1 Å². The smallest absolute Gasteiger partial charge is 0.227 e. The zero-order valence-corrected chi connectivity index (χ0v) is 14.0. The molecule has 0 aromatic heterocycles. The Hall–Kier alpha value is -2.56. The molecule has 1 heterocycles. The van der Waals surface area contributed by atoms with Crippen molar-refractivity contribution in [3.63, 3.8) is 0 Å². The van der Waals surface area contributed by atoms with Gasteiger partial charge in [-0.3, -0.25) is 4.79 Å². The summed E-state index contributed by atoms with van der Waals surface area (Å²) in [7, 11) is 3.96. The molecule has 24 heavy (non-hydrogen) atoms. The number of halogens is 1. The third-order valence-electron chi connectivity index (χ3n) is 4.14. The number of carbonyl (C=O) groups excluding carboxylic acids is 1. The van der Waals surface area contributed by atoms with Crippen LogP contribution < -0.4 is 9.64 Å². The van der Waals surface area contributed by atoms with E-state index in [-0.39, 0.29) is 18.1 Å². The highest BCUT2D eigenvalue weighted by Gasteiger charge is 2.20. The minimum atomic E-state index is -0.319. The van der Waals surface area contributed by atoms with Gasteiger partial charge in [0.05, 0.1) is 13.0 Å². The fourth-order valence-electron chi connectivity index (χ4n) is 2.81. The van der Waals surface area contributed by atoms with Crippen molar-refractivity contribution in [1.29, 1.82) is 0 Å². The number of hydrogen-bond donors (Lipinski definition) is 0. The summed E-state index contributed by atoms with van der Waals surface area (Å²) in [6.45, 7) is 1.49. The molecular weight excluding hydrogens is 307 g/mol. The number of rotatable bonds is 3. The van der Waals surface area contributed by atoms with E-state index in [1.165, 1.54) is 12.1 Å². The molecule has 126 valence electrons. The van der Waals surface area contributed by atoms with Gasteiger partial charge in [0.1, 0.15) is 18.2 Å². The minimum Gasteiger partial charge on any atom is -0.491 e. The summed E-state index contributed by atoms with van der Waals surface area (Å²) in [6, 6.07) is 12.2. The Balaban J connectivity index is 1.77. The first-order chi connectivity index (χ1) is 11.5. The molecule has 0 atom stereocenters. The van der Waals surface area contributed by atoms with Gasteiger partial charge in [0, 0.05) is 31.9 Å². The lowest BCUT2D eigenvalue weighted by atomic mass is 10.1. The van der Waals surface area contributed by atoms with Gasteiger partial charge in [0.25, 0.3) is 0 Å². The summed E-state index contributed by atoms with van der Waals surface area (Å²) in [5.41, 5.74) is 2.75. The Morgan fingerprint density at radius 3 is 2.83 bits per heavy atom. The molecule has 0 saturated heterocycles. The van der Waals surface area contributed by atoms with Gasteiger partial charge in [-0.15, -0.1) is 0 Å². The summed E-state index contributed by atoms with van der Waals surface area (Å²) in [6.07, 6.45) is 0.195. The van der Waals surface area contributed by atoms with Gasteiger partial charge in [-0.25, -0.2) is 4.39 Å². The number of ether oxygens (including phenoxy) is 1. The fourth-order valence-corrected chi connectivity index (χ4v) is 2.81. The van der Waals surface area contributed by atoms with Crippen LogP contribution in [-0.2, 0) is 17.8 Å². The molecule has 1 aliphatic heterocycles. The van der Waals surface area contributed by atoms with Crippen LogP contribution in [0.5, 0.6) is 5.75 Å². The van der Waals surface area contributed by atoms with Crippen LogP contribution in [0.1, 0.15) is 11.1 Å². The molecule has 2 aromatic rings. The van der Waals surface area contributed by atoms with Gasteiger partial charge in [0.2, 0.25) is 5.91 Å². The van der Waals surface area contributed by atoms with E-state index in [0.29, 0.717) is 25.3 Å². The molecule has 0 aliphatic carbocycles. The minimum absolute atomic E-state index is 0.0210. The van der Waals surface area contributed by atoms with Gasteiger partial charge in [-0.2, -0.15) is 0 Å². The predicted octanol–water partition coefficient (Wildman–Crippen LogP) is 2.86. The maximum atomic E-state index is 13.3. The lowest BCUT2D eigenvalue weighted by Gasteiger charge is -2.21. The summed E-state index contributed by atoms with van der Waals surface area (Å²) in [5, 5.41) is 0. The maximum Gasteiger partial charge on any atom is 0.227 e. The molecule has 1 aliphatic rings. The summed E-state index contributed by atoms with van der Waals surface area (Å²) >= 11 is 0. The average Bonchev–Trinajstić information content (AvgIpc) is 2.76. The number of hydrogen-bond acceptors (Lipinski definition) is 3. The number of nitrogens with zero attached hydrogens (tertiary/aromatic N) is 2. The highest BCUT2D eigenvalue weighted by Crippen LogP contribution is 2.27. The molecule has 3 rings (SSSR count). The van der Waals surface area contributed by atoms with Crippen molar-refractivity contribution < 1.29 is 13.9 Å². The van der Waals surface area contributed by atoms with Crippen LogP contribution >= 0.6 is 0 Å². The second-order valence-electron chi connectivity index (χ2n) is 6.16. The number of carbonyl (C=O) groups is 1. The van der Waals surface area contributed by atoms with E-state index in [2.05, 4.69) is 0 Å². The van der Waals surface area contributed by atoms with Crippen molar-refractivity contribution in [2.45, 2.75) is 13.0 Å². The van der Waals surface area contributed by atoms with Crippen LogP contribution in [0, 0.1) is 5.82 Å². The summed E-state index contributed by atoms with van der Waals surface area (Å²) < 4.78 is 19.1. The quantitative estimate of drug-likeness (QED) is 0.868. The molecule has 2 aromatic carbocycles. The van der Waals surface area contributed by atoms with Crippen LogP contribution in [0.15, 0.2) is 42.5 Å². The lowest BCUT2D eigenvalue weighted by molar-refractivity contribution is -0.131. The summed E-state index contributed by atoms with van der Waals surface area (Å²) in [5.74, 6) is 0.481. The average molecular weight is 328 g/mol. The largest absolute Gasteiger partial charge is 0.491 e. The maximum absolute atomic E-state index is 13.3. The van der Waals surface area contributed by atoms with E-state index in [9.17, 15) is 9.18 Å². The number of benzene rings is 2. The van der Waals surface area contributed by atoms with E-state index in [0.717, 1.165) is 17.0 Å². The molecular formula is C19H21FN2O2. The second-order valence-corrected chi connectivity index (χ2v) is 6.16. The molecule has 0 fully saturated rings. The lowest BCUT2D eigenvalue weighted by Crippen LogP contribution is -2.33. The first-order valence-corrected chi connectivity index (χ1v) is 7.98. The molecule has 4 nitrogen and oxygen atoms in total. The molecule has 0 radical (unpaired) electrons. The molecule has 0 bridgehead atoms. The van der Waals surface area contributed by atoms with Crippen LogP contribution in [0.4, 0.5) is 10.1 Å². The number of anilines is 1. The Morgan fingerprint density at radius 2 is 2.08 bits per heavy atom. The van der Waals surface area contributed by atoms with E-state index >= 15 is 0 Å². The van der Waals surface area contributed by atoms with Crippen molar-refractivity contribution in [2.24, 2.45) is 0 Å². The first-order valence-electron chi connectivity index (χ1n) is 7.98. The Labute approximate surface area is 141 Å². The Morgan fingerprint density at radius 1 is 1.25 bits per heavy atom. The molecule has 0 N–H and O–H groups in total. The van der Waals surface area contributed by atoms with Gasteiger partial charge < -0.3 is 14.5 Å². The number of fused-ring (bicyclic) bond motifs is 1. The zero-order chi connectivity index (χ0) is 17.1.